The van der Waals surface area contributed by atoms with E-state index in [1.165, 1.54) is 0 Å². The van der Waals surface area contributed by atoms with Gasteiger partial charge in [-0.15, -0.1) is 0 Å². The second-order valence-corrected chi connectivity index (χ2v) is 5.38. The van der Waals surface area contributed by atoms with Gasteiger partial charge in [0.1, 0.15) is 0 Å². The van der Waals surface area contributed by atoms with Gasteiger partial charge in [0, 0.05) is 0 Å². The third-order valence-corrected chi connectivity index (χ3v) is 2.73. The van der Waals surface area contributed by atoms with Crippen LogP contribution in [0, 0.1) is 0 Å². The van der Waals surface area contributed by atoms with Crippen LogP contribution in [0.1, 0.15) is 20.8 Å². The Morgan fingerprint density at radius 2 is 1.73 bits per heavy atom. The van der Waals surface area contributed by atoms with E-state index in [0.717, 1.165) is 13.1 Å². The quantitative estimate of drug-likeness (QED) is 0.465. The normalized spacial score (nSPS) is 14.5. The van der Waals surface area contributed by atoms with Gasteiger partial charge >= 0.3 is 0 Å². The highest BCUT2D eigenvalue weighted by atomic mass is 28.3. The molecule has 11 heavy (non-hydrogen) atoms. The van der Waals surface area contributed by atoms with Crippen molar-refractivity contribution in [1.82, 2.24) is 4.90 Å². The SMILES string of the molecule is CCN(CC)C(C)O[SiH](C)C. The Bertz CT molecular complexity index is 94.1. The molecule has 0 radical (unpaired) electrons. The summed E-state index contributed by atoms with van der Waals surface area (Å²) in [5.41, 5.74) is 0. The Morgan fingerprint density at radius 1 is 1.27 bits per heavy atom. The molecule has 3 heteroatoms. The van der Waals surface area contributed by atoms with Crippen molar-refractivity contribution in [3.63, 3.8) is 0 Å². The second-order valence-electron chi connectivity index (χ2n) is 3.01. The summed E-state index contributed by atoms with van der Waals surface area (Å²) in [6.07, 6.45) is 0.316. The molecule has 2 nitrogen and oxygen atoms in total. The first-order valence-electron chi connectivity index (χ1n) is 4.51. The van der Waals surface area contributed by atoms with Gasteiger partial charge in [0.15, 0.2) is 9.04 Å². The van der Waals surface area contributed by atoms with E-state index >= 15 is 0 Å². The largest absolute Gasteiger partial charge is 0.406 e. The van der Waals surface area contributed by atoms with Gasteiger partial charge in [-0.2, -0.15) is 0 Å². The molecule has 0 spiro atoms. The number of hydrogen-bond acceptors (Lipinski definition) is 2. The van der Waals surface area contributed by atoms with E-state index in [1.807, 2.05) is 0 Å². The van der Waals surface area contributed by atoms with E-state index in [-0.39, 0.29) is 0 Å². The Morgan fingerprint density at radius 3 is 2.00 bits per heavy atom. The predicted octanol–water partition coefficient (Wildman–Crippen LogP) is 1.67. The van der Waals surface area contributed by atoms with Crippen LogP contribution in [-0.4, -0.2) is 33.3 Å². The van der Waals surface area contributed by atoms with Crippen LogP contribution >= 0.6 is 0 Å². The van der Waals surface area contributed by atoms with E-state index < -0.39 is 9.04 Å². The summed E-state index contributed by atoms with van der Waals surface area (Å²) in [6.45, 7) is 13.1. The average molecular weight is 175 g/mol. The first kappa shape index (κ1) is 11.1. The number of hydrogen-bond donors (Lipinski definition) is 0. The van der Waals surface area contributed by atoms with Crippen LogP contribution in [0.25, 0.3) is 0 Å². The first-order chi connectivity index (χ1) is 5.11. The molecular weight excluding hydrogens is 154 g/mol. The zero-order chi connectivity index (χ0) is 8.85. The molecule has 0 fully saturated rings. The first-order valence-corrected chi connectivity index (χ1v) is 7.29. The maximum Gasteiger partial charge on any atom is 0.173 e. The second kappa shape index (κ2) is 5.74. The lowest BCUT2D eigenvalue weighted by Gasteiger charge is -2.27. The maximum atomic E-state index is 5.76. The summed E-state index contributed by atoms with van der Waals surface area (Å²) in [4.78, 5) is 2.33. The zero-order valence-electron chi connectivity index (χ0n) is 8.42. The van der Waals surface area contributed by atoms with Crippen LogP contribution in [0.3, 0.4) is 0 Å². The van der Waals surface area contributed by atoms with Gasteiger partial charge < -0.3 is 4.43 Å². The van der Waals surface area contributed by atoms with E-state index in [9.17, 15) is 0 Å². The lowest BCUT2D eigenvalue weighted by atomic mass is 10.5. The Balaban J connectivity index is 3.68. The lowest BCUT2D eigenvalue weighted by molar-refractivity contribution is 0.0473. The molecule has 0 N–H and O–H groups in total. The third-order valence-electron chi connectivity index (χ3n) is 1.80. The molecule has 0 aromatic carbocycles. The van der Waals surface area contributed by atoms with Crippen LogP contribution in [0.5, 0.6) is 0 Å². The summed E-state index contributed by atoms with van der Waals surface area (Å²) < 4.78 is 5.76. The topological polar surface area (TPSA) is 12.5 Å². The molecule has 0 saturated carbocycles. The molecule has 68 valence electrons. The van der Waals surface area contributed by atoms with E-state index in [0.29, 0.717) is 6.23 Å². The molecular formula is C8H21NOSi. The highest BCUT2D eigenvalue weighted by Gasteiger charge is 2.10. The molecule has 0 aliphatic rings. The monoisotopic (exact) mass is 175 g/mol. The molecule has 0 aliphatic heterocycles. The minimum absolute atomic E-state index is 0.316. The highest BCUT2D eigenvalue weighted by Crippen LogP contribution is 2.01. The standard InChI is InChI=1S/C8H21NOSi/c1-6-9(7-2)8(3)10-11(4)5/h8,11H,6-7H2,1-5H3. The van der Waals surface area contributed by atoms with Crippen molar-refractivity contribution >= 4 is 9.04 Å². The summed E-state index contributed by atoms with van der Waals surface area (Å²) in [6, 6.07) is 0. The molecule has 0 bridgehead atoms. The molecule has 0 saturated heterocycles. The zero-order valence-corrected chi connectivity index (χ0v) is 9.58. The van der Waals surface area contributed by atoms with Crippen molar-refractivity contribution in [3.05, 3.63) is 0 Å². The molecule has 1 unspecified atom stereocenters. The fraction of sp³-hybridized carbons (Fsp3) is 1.00. The predicted molar refractivity (Wildman–Crippen MR) is 52.3 cm³/mol. The maximum absolute atomic E-state index is 5.76. The van der Waals surface area contributed by atoms with Gasteiger partial charge in [-0.25, -0.2) is 0 Å². The number of nitrogens with zero attached hydrogens (tertiary/aromatic N) is 1. The van der Waals surface area contributed by atoms with E-state index in [2.05, 4.69) is 38.8 Å². The molecule has 0 aliphatic carbocycles. The van der Waals surface area contributed by atoms with Crippen molar-refractivity contribution < 1.29 is 4.43 Å². The van der Waals surface area contributed by atoms with Crippen LogP contribution in [0.4, 0.5) is 0 Å². The summed E-state index contributed by atoms with van der Waals surface area (Å²) in [5.74, 6) is 0. The molecule has 0 aromatic heterocycles. The summed E-state index contributed by atoms with van der Waals surface area (Å²) >= 11 is 0. The molecule has 0 aromatic rings. The lowest BCUT2D eigenvalue weighted by Crippen LogP contribution is -2.37. The molecule has 0 amide bonds. The third kappa shape index (κ3) is 4.56. The van der Waals surface area contributed by atoms with E-state index in [1.54, 1.807) is 0 Å². The van der Waals surface area contributed by atoms with Crippen LogP contribution in [0.2, 0.25) is 13.1 Å². The smallest absolute Gasteiger partial charge is 0.173 e. The van der Waals surface area contributed by atoms with Gasteiger partial charge in [0.05, 0.1) is 6.23 Å². The highest BCUT2D eigenvalue weighted by molar-refractivity contribution is 6.48. The Labute approximate surface area is 72.3 Å². The molecule has 0 rings (SSSR count). The summed E-state index contributed by atoms with van der Waals surface area (Å²) in [5, 5.41) is 0. The summed E-state index contributed by atoms with van der Waals surface area (Å²) in [7, 11) is -0.854. The van der Waals surface area contributed by atoms with Gasteiger partial charge in [-0.1, -0.05) is 13.8 Å². The Hall–Kier alpha value is 0.137. The van der Waals surface area contributed by atoms with E-state index in [4.69, 9.17) is 4.43 Å². The molecule has 0 heterocycles. The van der Waals surface area contributed by atoms with Crippen molar-refractivity contribution in [2.24, 2.45) is 0 Å². The van der Waals surface area contributed by atoms with Crippen molar-refractivity contribution in [2.45, 2.75) is 40.1 Å². The van der Waals surface area contributed by atoms with Gasteiger partial charge in [0.25, 0.3) is 0 Å². The number of rotatable bonds is 5. The van der Waals surface area contributed by atoms with Crippen LogP contribution in [-0.2, 0) is 4.43 Å². The van der Waals surface area contributed by atoms with Crippen molar-refractivity contribution in [3.8, 4) is 0 Å². The van der Waals surface area contributed by atoms with Gasteiger partial charge in [-0.3, -0.25) is 4.90 Å². The van der Waals surface area contributed by atoms with Gasteiger partial charge in [0.2, 0.25) is 0 Å². The minimum atomic E-state index is -0.854. The molecule has 1 atom stereocenters. The Kier molecular flexibility index (Phi) is 5.82. The van der Waals surface area contributed by atoms with Crippen molar-refractivity contribution in [1.29, 1.82) is 0 Å². The van der Waals surface area contributed by atoms with Gasteiger partial charge in [-0.05, 0) is 33.1 Å². The van der Waals surface area contributed by atoms with Crippen molar-refractivity contribution in [2.75, 3.05) is 13.1 Å². The van der Waals surface area contributed by atoms with Crippen LogP contribution in [0.15, 0.2) is 0 Å². The average Bonchev–Trinajstić information content (AvgIpc) is 1.88. The van der Waals surface area contributed by atoms with Crippen LogP contribution < -0.4 is 0 Å². The fourth-order valence-corrected chi connectivity index (χ4v) is 2.18. The minimum Gasteiger partial charge on any atom is -0.406 e. The fourth-order valence-electron chi connectivity index (χ4n) is 1.22.